The zero-order valence-electron chi connectivity index (χ0n) is 13.2. The molecule has 2 atom stereocenters. The Hall–Kier alpha value is -0.910. The molecule has 5 nitrogen and oxygen atoms in total. The summed E-state index contributed by atoms with van der Waals surface area (Å²) >= 11 is 0. The molecule has 0 amide bonds. The molecule has 2 unspecified atom stereocenters. The van der Waals surface area contributed by atoms with E-state index in [9.17, 15) is 5.11 Å². The summed E-state index contributed by atoms with van der Waals surface area (Å²) in [6.45, 7) is 8.67. The number of rotatable bonds is 5. The van der Waals surface area contributed by atoms with Crippen molar-refractivity contribution in [2.75, 3.05) is 26.2 Å². The van der Waals surface area contributed by atoms with Gasteiger partial charge in [0.25, 0.3) is 0 Å². The first-order chi connectivity index (χ1) is 10.2. The van der Waals surface area contributed by atoms with E-state index in [0.29, 0.717) is 18.7 Å². The molecule has 0 aromatic carbocycles. The highest BCUT2D eigenvalue weighted by molar-refractivity contribution is 5.20. The quantitative estimate of drug-likeness (QED) is 0.896. The molecular weight excluding hydrogens is 266 g/mol. The Bertz CT molecular complexity index is 455. The molecule has 21 heavy (non-hydrogen) atoms. The van der Waals surface area contributed by atoms with Crippen LogP contribution in [0.3, 0.4) is 0 Å². The molecule has 0 saturated carbocycles. The molecule has 118 valence electrons. The molecule has 2 saturated heterocycles. The van der Waals surface area contributed by atoms with Crippen LogP contribution in [0.2, 0.25) is 0 Å². The van der Waals surface area contributed by atoms with E-state index in [0.717, 1.165) is 44.1 Å². The SMILES string of the molecule is Cc1noc(C)c1CN1CCCC1CN1CCCC1CO. The first-order valence-electron chi connectivity index (χ1n) is 8.19. The molecule has 2 aliphatic heterocycles. The van der Waals surface area contributed by atoms with E-state index in [-0.39, 0.29) is 0 Å². The van der Waals surface area contributed by atoms with Crippen LogP contribution in [0.25, 0.3) is 0 Å². The molecule has 1 aromatic heterocycles. The third kappa shape index (κ3) is 3.15. The van der Waals surface area contributed by atoms with E-state index >= 15 is 0 Å². The van der Waals surface area contributed by atoms with E-state index in [4.69, 9.17) is 4.52 Å². The molecule has 0 spiro atoms. The molecular formula is C16H27N3O2. The first-order valence-corrected chi connectivity index (χ1v) is 8.19. The number of hydrogen-bond donors (Lipinski definition) is 1. The second-order valence-electron chi connectivity index (χ2n) is 6.54. The van der Waals surface area contributed by atoms with Gasteiger partial charge in [0.15, 0.2) is 0 Å². The lowest BCUT2D eigenvalue weighted by Crippen LogP contribution is -2.43. The molecule has 1 N–H and O–H groups in total. The Morgan fingerprint density at radius 1 is 1.14 bits per heavy atom. The van der Waals surface area contributed by atoms with Crippen LogP contribution < -0.4 is 0 Å². The Morgan fingerprint density at radius 2 is 1.86 bits per heavy atom. The van der Waals surface area contributed by atoms with Crippen molar-refractivity contribution in [3.05, 3.63) is 17.0 Å². The molecule has 0 radical (unpaired) electrons. The van der Waals surface area contributed by atoms with E-state index in [2.05, 4.69) is 15.0 Å². The Kier molecular flexibility index (Phi) is 4.62. The van der Waals surface area contributed by atoms with E-state index in [1.165, 1.54) is 24.8 Å². The smallest absolute Gasteiger partial charge is 0.138 e. The molecule has 2 fully saturated rings. The highest BCUT2D eigenvalue weighted by atomic mass is 16.5. The summed E-state index contributed by atoms with van der Waals surface area (Å²) in [6, 6.07) is 0.984. The monoisotopic (exact) mass is 293 g/mol. The summed E-state index contributed by atoms with van der Waals surface area (Å²) in [5.74, 6) is 0.951. The minimum Gasteiger partial charge on any atom is -0.395 e. The fraction of sp³-hybridized carbons (Fsp3) is 0.812. The zero-order chi connectivity index (χ0) is 14.8. The largest absolute Gasteiger partial charge is 0.395 e. The van der Waals surface area contributed by atoms with E-state index in [1.54, 1.807) is 0 Å². The predicted molar refractivity (Wildman–Crippen MR) is 81.1 cm³/mol. The number of hydrogen-bond acceptors (Lipinski definition) is 5. The fourth-order valence-corrected chi connectivity index (χ4v) is 3.85. The summed E-state index contributed by atoms with van der Waals surface area (Å²) < 4.78 is 5.29. The lowest BCUT2D eigenvalue weighted by atomic mass is 10.1. The average Bonchev–Trinajstić information content (AvgIpc) is 3.17. The molecule has 5 heteroatoms. The van der Waals surface area contributed by atoms with Gasteiger partial charge in [0.05, 0.1) is 12.3 Å². The van der Waals surface area contributed by atoms with Gasteiger partial charge in [-0.1, -0.05) is 5.16 Å². The molecule has 0 bridgehead atoms. The number of aryl methyl sites for hydroxylation is 2. The summed E-state index contributed by atoms with van der Waals surface area (Å²) in [5.41, 5.74) is 2.27. The van der Waals surface area contributed by atoms with Gasteiger partial charge < -0.3 is 9.63 Å². The van der Waals surface area contributed by atoms with Crippen molar-refractivity contribution in [2.24, 2.45) is 0 Å². The molecule has 2 aliphatic rings. The van der Waals surface area contributed by atoms with Gasteiger partial charge in [0, 0.05) is 30.7 Å². The Morgan fingerprint density at radius 3 is 2.52 bits per heavy atom. The Balaban J connectivity index is 1.63. The minimum absolute atomic E-state index is 0.302. The number of likely N-dealkylation sites (tertiary alicyclic amines) is 2. The van der Waals surface area contributed by atoms with Gasteiger partial charge >= 0.3 is 0 Å². The van der Waals surface area contributed by atoms with Gasteiger partial charge in [-0.05, 0) is 52.6 Å². The first kappa shape index (κ1) is 15.0. The minimum atomic E-state index is 0.302. The summed E-state index contributed by atoms with van der Waals surface area (Å²) in [5, 5.41) is 13.5. The number of nitrogens with zero attached hydrogens (tertiary/aromatic N) is 3. The topological polar surface area (TPSA) is 52.7 Å². The van der Waals surface area contributed by atoms with Crippen LogP contribution >= 0.6 is 0 Å². The van der Waals surface area contributed by atoms with Crippen molar-refractivity contribution >= 4 is 0 Å². The molecule has 3 rings (SSSR count). The third-order valence-electron chi connectivity index (χ3n) is 5.20. The predicted octanol–water partition coefficient (Wildman–Crippen LogP) is 1.71. The van der Waals surface area contributed by atoms with Crippen molar-refractivity contribution in [1.29, 1.82) is 0 Å². The van der Waals surface area contributed by atoms with Crippen molar-refractivity contribution < 1.29 is 9.63 Å². The zero-order valence-corrected chi connectivity index (χ0v) is 13.2. The van der Waals surface area contributed by atoms with Gasteiger partial charge in [-0.15, -0.1) is 0 Å². The van der Waals surface area contributed by atoms with Crippen LogP contribution in [-0.2, 0) is 6.54 Å². The normalized spacial score (nSPS) is 27.8. The maximum atomic E-state index is 9.48. The van der Waals surface area contributed by atoms with Crippen LogP contribution in [-0.4, -0.2) is 58.4 Å². The van der Waals surface area contributed by atoms with Crippen LogP contribution in [0.5, 0.6) is 0 Å². The third-order valence-corrected chi connectivity index (χ3v) is 5.20. The average molecular weight is 293 g/mol. The van der Waals surface area contributed by atoms with Crippen molar-refractivity contribution in [1.82, 2.24) is 15.0 Å². The van der Waals surface area contributed by atoms with Gasteiger partial charge in [-0.2, -0.15) is 0 Å². The van der Waals surface area contributed by atoms with Crippen LogP contribution in [0.15, 0.2) is 4.52 Å². The summed E-state index contributed by atoms with van der Waals surface area (Å²) in [4.78, 5) is 5.05. The van der Waals surface area contributed by atoms with E-state index in [1.807, 2.05) is 13.8 Å². The van der Waals surface area contributed by atoms with Gasteiger partial charge in [-0.25, -0.2) is 0 Å². The highest BCUT2D eigenvalue weighted by Crippen LogP contribution is 2.26. The van der Waals surface area contributed by atoms with Crippen LogP contribution in [0, 0.1) is 13.8 Å². The highest BCUT2D eigenvalue weighted by Gasteiger charge is 2.31. The maximum Gasteiger partial charge on any atom is 0.138 e. The lowest BCUT2D eigenvalue weighted by Gasteiger charge is -2.31. The molecule has 3 heterocycles. The lowest BCUT2D eigenvalue weighted by molar-refractivity contribution is 0.120. The summed E-state index contributed by atoms with van der Waals surface area (Å²) in [6.07, 6.45) is 4.90. The van der Waals surface area contributed by atoms with E-state index < -0.39 is 0 Å². The molecule has 0 aliphatic carbocycles. The number of aliphatic hydroxyl groups excluding tert-OH is 1. The molecule has 1 aromatic rings. The van der Waals surface area contributed by atoms with Gasteiger partial charge in [-0.3, -0.25) is 9.80 Å². The second-order valence-corrected chi connectivity index (χ2v) is 6.54. The van der Waals surface area contributed by atoms with Crippen LogP contribution in [0.4, 0.5) is 0 Å². The summed E-state index contributed by atoms with van der Waals surface area (Å²) in [7, 11) is 0. The van der Waals surface area contributed by atoms with Crippen molar-refractivity contribution in [2.45, 2.75) is 58.2 Å². The van der Waals surface area contributed by atoms with Gasteiger partial charge in [0.2, 0.25) is 0 Å². The second kappa shape index (κ2) is 6.46. The van der Waals surface area contributed by atoms with Gasteiger partial charge in [0.1, 0.15) is 5.76 Å². The fourth-order valence-electron chi connectivity index (χ4n) is 3.85. The standard InChI is InChI=1S/C16H27N3O2/c1-12-16(13(2)21-17-12)10-19-8-3-5-14(19)9-18-7-4-6-15(18)11-20/h14-15,20H,3-11H2,1-2H3. The maximum absolute atomic E-state index is 9.48. The number of aliphatic hydroxyl groups is 1. The van der Waals surface area contributed by atoms with Crippen molar-refractivity contribution in [3.8, 4) is 0 Å². The van der Waals surface area contributed by atoms with Crippen LogP contribution in [0.1, 0.15) is 42.7 Å². The van der Waals surface area contributed by atoms with Crippen molar-refractivity contribution in [3.63, 3.8) is 0 Å². The Labute approximate surface area is 126 Å². The number of aromatic nitrogens is 1.